The first-order valence-corrected chi connectivity index (χ1v) is 7.58. The molecule has 18 heavy (non-hydrogen) atoms. The van der Waals surface area contributed by atoms with Crippen molar-refractivity contribution in [3.63, 3.8) is 0 Å². The minimum Gasteiger partial charge on any atom is -0.388 e. The highest BCUT2D eigenvalue weighted by Gasteiger charge is 2.29. The van der Waals surface area contributed by atoms with Crippen molar-refractivity contribution >= 4 is 16.5 Å². The van der Waals surface area contributed by atoms with Gasteiger partial charge in [-0.2, -0.15) is 0 Å². The lowest BCUT2D eigenvalue weighted by Crippen LogP contribution is -2.37. The van der Waals surface area contributed by atoms with Crippen molar-refractivity contribution in [2.24, 2.45) is 11.3 Å². The number of hydrogen-bond donors (Lipinski definition) is 1. The van der Waals surface area contributed by atoms with Gasteiger partial charge in [0.2, 0.25) is 0 Å². The fraction of sp³-hybridized carbons (Fsp3) is 0.786. The molecule has 0 aromatic carbocycles. The predicted molar refractivity (Wildman–Crippen MR) is 77.1 cm³/mol. The molecule has 2 rings (SSSR count). The minimum absolute atomic E-state index is 0.400. The number of rotatable bonds is 2. The second-order valence-corrected chi connectivity index (χ2v) is 7.39. The molecular formula is C14H24N2OS. The molecule has 1 aromatic heterocycles. The molecule has 1 fully saturated rings. The lowest BCUT2D eigenvalue weighted by atomic mass is 9.75. The van der Waals surface area contributed by atoms with E-state index in [0.717, 1.165) is 29.0 Å². The molecular weight excluding hydrogens is 244 g/mol. The van der Waals surface area contributed by atoms with Crippen molar-refractivity contribution in [2.75, 3.05) is 18.0 Å². The Bertz CT molecular complexity index is 387. The summed E-state index contributed by atoms with van der Waals surface area (Å²) in [6.45, 7) is 11.0. The first-order chi connectivity index (χ1) is 8.38. The van der Waals surface area contributed by atoms with Crippen LogP contribution in [0, 0.1) is 11.3 Å². The molecule has 0 aliphatic carbocycles. The highest BCUT2D eigenvalue weighted by atomic mass is 32.1. The van der Waals surface area contributed by atoms with E-state index < -0.39 is 6.10 Å². The number of nitrogens with zero attached hydrogens (tertiary/aromatic N) is 2. The highest BCUT2D eigenvalue weighted by Crippen LogP contribution is 2.36. The zero-order valence-corrected chi connectivity index (χ0v) is 12.6. The third-order valence-corrected chi connectivity index (χ3v) is 5.14. The van der Waals surface area contributed by atoms with Crippen LogP contribution in [0.1, 0.15) is 51.5 Å². The Balaban J connectivity index is 1.97. The molecule has 0 saturated carbocycles. The van der Waals surface area contributed by atoms with Crippen molar-refractivity contribution in [1.82, 2.24) is 4.98 Å². The van der Waals surface area contributed by atoms with Crippen LogP contribution in [0.5, 0.6) is 0 Å². The number of anilines is 1. The molecule has 1 N–H and O–H groups in total. The van der Waals surface area contributed by atoms with Gasteiger partial charge in [0, 0.05) is 19.3 Å². The topological polar surface area (TPSA) is 36.4 Å². The van der Waals surface area contributed by atoms with Crippen LogP contribution in [0.25, 0.3) is 0 Å². The van der Waals surface area contributed by atoms with Crippen molar-refractivity contribution < 1.29 is 5.11 Å². The molecule has 1 aliphatic rings. The van der Waals surface area contributed by atoms with Crippen LogP contribution in [0.15, 0.2) is 6.20 Å². The first kappa shape index (κ1) is 13.8. The average Bonchev–Trinajstić information content (AvgIpc) is 2.77. The Morgan fingerprint density at radius 1 is 1.39 bits per heavy atom. The molecule has 1 aromatic rings. The lowest BCUT2D eigenvalue weighted by molar-refractivity contribution is 0.199. The molecule has 1 saturated heterocycles. The number of piperidine rings is 1. The van der Waals surface area contributed by atoms with Crippen molar-refractivity contribution in [3.8, 4) is 0 Å². The average molecular weight is 268 g/mol. The fourth-order valence-corrected chi connectivity index (χ4v) is 3.46. The Hall–Kier alpha value is -0.610. The summed E-state index contributed by atoms with van der Waals surface area (Å²) < 4.78 is 0. The van der Waals surface area contributed by atoms with Crippen LogP contribution in [0.2, 0.25) is 0 Å². The second kappa shape index (κ2) is 5.17. The Morgan fingerprint density at radius 2 is 2.00 bits per heavy atom. The van der Waals surface area contributed by atoms with Gasteiger partial charge >= 0.3 is 0 Å². The first-order valence-electron chi connectivity index (χ1n) is 6.76. The minimum atomic E-state index is -0.400. The smallest absolute Gasteiger partial charge is 0.185 e. The standard InChI is InChI=1S/C14H24N2OS/c1-10(17)12-9-15-13(18-12)16-7-5-11(6-8-16)14(2,3)4/h9-11,17H,5-8H2,1-4H3. The lowest BCUT2D eigenvalue weighted by Gasteiger charge is -2.38. The molecule has 2 heterocycles. The van der Waals surface area contributed by atoms with Gasteiger partial charge in [-0.05, 0) is 31.1 Å². The SMILES string of the molecule is CC(O)c1cnc(N2CCC(C(C)(C)C)CC2)s1. The quantitative estimate of drug-likeness (QED) is 0.892. The Labute approximate surface area is 114 Å². The van der Waals surface area contributed by atoms with E-state index in [2.05, 4.69) is 30.7 Å². The highest BCUT2D eigenvalue weighted by molar-refractivity contribution is 7.15. The molecule has 1 aliphatic heterocycles. The number of hydrogen-bond acceptors (Lipinski definition) is 4. The van der Waals surface area contributed by atoms with Crippen LogP contribution in [-0.4, -0.2) is 23.2 Å². The van der Waals surface area contributed by atoms with E-state index in [1.165, 1.54) is 12.8 Å². The van der Waals surface area contributed by atoms with Gasteiger partial charge in [0.15, 0.2) is 5.13 Å². The fourth-order valence-electron chi connectivity index (χ4n) is 2.55. The number of aliphatic hydroxyl groups is 1. The maximum absolute atomic E-state index is 9.54. The summed E-state index contributed by atoms with van der Waals surface area (Å²) in [6.07, 6.45) is 3.89. The van der Waals surface area contributed by atoms with Gasteiger partial charge in [0.1, 0.15) is 0 Å². The van der Waals surface area contributed by atoms with Crippen LogP contribution in [0.4, 0.5) is 5.13 Å². The summed E-state index contributed by atoms with van der Waals surface area (Å²) in [7, 11) is 0. The molecule has 102 valence electrons. The summed E-state index contributed by atoms with van der Waals surface area (Å²) in [5.74, 6) is 0.810. The van der Waals surface area contributed by atoms with Gasteiger partial charge in [-0.25, -0.2) is 4.98 Å². The van der Waals surface area contributed by atoms with Crippen molar-refractivity contribution in [2.45, 2.75) is 46.6 Å². The van der Waals surface area contributed by atoms with Gasteiger partial charge < -0.3 is 10.0 Å². The largest absolute Gasteiger partial charge is 0.388 e. The molecule has 0 spiro atoms. The monoisotopic (exact) mass is 268 g/mol. The van der Waals surface area contributed by atoms with E-state index in [1.54, 1.807) is 24.5 Å². The van der Waals surface area contributed by atoms with E-state index in [4.69, 9.17) is 0 Å². The van der Waals surface area contributed by atoms with Crippen molar-refractivity contribution in [3.05, 3.63) is 11.1 Å². The zero-order valence-electron chi connectivity index (χ0n) is 11.8. The van der Waals surface area contributed by atoms with E-state index in [0.29, 0.717) is 5.41 Å². The maximum Gasteiger partial charge on any atom is 0.185 e. The van der Waals surface area contributed by atoms with Crippen LogP contribution in [0.3, 0.4) is 0 Å². The van der Waals surface area contributed by atoms with Gasteiger partial charge in [-0.3, -0.25) is 0 Å². The molecule has 1 unspecified atom stereocenters. The summed E-state index contributed by atoms with van der Waals surface area (Å²) in [4.78, 5) is 7.75. The van der Waals surface area contributed by atoms with Crippen LogP contribution >= 0.6 is 11.3 Å². The molecule has 3 nitrogen and oxygen atoms in total. The summed E-state index contributed by atoms with van der Waals surface area (Å²) >= 11 is 1.62. The van der Waals surface area contributed by atoms with Crippen molar-refractivity contribution in [1.29, 1.82) is 0 Å². The molecule has 0 bridgehead atoms. The Kier molecular flexibility index (Phi) is 3.97. The summed E-state index contributed by atoms with van der Waals surface area (Å²) in [5.41, 5.74) is 0.416. The van der Waals surface area contributed by atoms with Gasteiger partial charge in [0.05, 0.1) is 11.0 Å². The van der Waals surface area contributed by atoms with Gasteiger partial charge in [-0.15, -0.1) is 0 Å². The Morgan fingerprint density at radius 3 is 2.44 bits per heavy atom. The number of thiazole rings is 1. The zero-order chi connectivity index (χ0) is 13.3. The third-order valence-electron chi connectivity index (χ3n) is 3.91. The van der Waals surface area contributed by atoms with E-state index >= 15 is 0 Å². The number of aromatic nitrogens is 1. The second-order valence-electron chi connectivity index (χ2n) is 6.35. The third kappa shape index (κ3) is 3.04. The molecule has 4 heteroatoms. The van der Waals surface area contributed by atoms with E-state index in [-0.39, 0.29) is 0 Å². The molecule has 1 atom stereocenters. The van der Waals surface area contributed by atoms with Gasteiger partial charge in [-0.1, -0.05) is 32.1 Å². The van der Waals surface area contributed by atoms with Gasteiger partial charge in [0.25, 0.3) is 0 Å². The van der Waals surface area contributed by atoms with Crippen LogP contribution in [-0.2, 0) is 0 Å². The van der Waals surface area contributed by atoms with E-state index in [1.807, 2.05) is 0 Å². The molecule has 0 radical (unpaired) electrons. The molecule has 0 amide bonds. The summed E-state index contributed by atoms with van der Waals surface area (Å²) in [6, 6.07) is 0. The summed E-state index contributed by atoms with van der Waals surface area (Å²) in [5, 5.41) is 10.6. The number of aliphatic hydroxyl groups excluding tert-OH is 1. The predicted octanol–water partition coefficient (Wildman–Crippen LogP) is 3.46. The van der Waals surface area contributed by atoms with Crippen LogP contribution < -0.4 is 4.90 Å². The van der Waals surface area contributed by atoms with E-state index in [9.17, 15) is 5.11 Å². The maximum atomic E-state index is 9.54. The normalized spacial score (nSPS) is 20.2.